The van der Waals surface area contributed by atoms with Gasteiger partial charge < -0.3 is 15.4 Å². The van der Waals surface area contributed by atoms with E-state index in [0.29, 0.717) is 13.2 Å². The molecule has 0 saturated carbocycles. The second kappa shape index (κ2) is 8.39. The molecule has 1 aromatic heterocycles. The molecule has 0 spiro atoms. The molecule has 1 atom stereocenters. The molecule has 3 rings (SSSR count). The Labute approximate surface area is 159 Å². The number of hydrogen-bond donors (Lipinski definition) is 2. The highest BCUT2D eigenvalue weighted by atomic mass is 19.4. The van der Waals surface area contributed by atoms with Crippen LogP contribution in [0.2, 0.25) is 0 Å². The second-order valence-electron chi connectivity index (χ2n) is 6.27. The van der Waals surface area contributed by atoms with Gasteiger partial charge in [0.25, 0.3) is 11.8 Å². The van der Waals surface area contributed by atoms with Crippen molar-refractivity contribution in [3.8, 4) is 0 Å². The maximum absolute atomic E-state index is 13.1. The molecule has 1 aliphatic heterocycles. The number of amides is 2. The van der Waals surface area contributed by atoms with E-state index in [0.717, 1.165) is 25.0 Å². The number of ether oxygens (including phenoxy) is 1. The summed E-state index contributed by atoms with van der Waals surface area (Å²) >= 11 is 0. The van der Waals surface area contributed by atoms with Crippen molar-refractivity contribution in [3.63, 3.8) is 0 Å². The highest BCUT2D eigenvalue weighted by Gasteiger charge is 2.33. The minimum absolute atomic E-state index is 0.00486. The molecule has 9 heteroatoms. The molecule has 6 nitrogen and oxygen atoms in total. The number of carbonyl (C=O) groups is 2. The molecule has 1 fully saturated rings. The predicted molar refractivity (Wildman–Crippen MR) is 94.9 cm³/mol. The maximum atomic E-state index is 13.1. The van der Waals surface area contributed by atoms with Gasteiger partial charge in [0.1, 0.15) is 5.69 Å². The van der Waals surface area contributed by atoms with Gasteiger partial charge >= 0.3 is 6.18 Å². The van der Waals surface area contributed by atoms with Crippen molar-refractivity contribution in [2.24, 2.45) is 0 Å². The van der Waals surface area contributed by atoms with Gasteiger partial charge in [0.05, 0.1) is 17.4 Å². The van der Waals surface area contributed by atoms with E-state index in [2.05, 4.69) is 15.6 Å². The number of benzene rings is 1. The third-order valence-electron chi connectivity index (χ3n) is 4.25. The minimum Gasteiger partial charge on any atom is -0.376 e. The number of halogens is 3. The van der Waals surface area contributed by atoms with Crippen molar-refractivity contribution < 1.29 is 27.5 Å². The van der Waals surface area contributed by atoms with Crippen LogP contribution in [0.5, 0.6) is 0 Å². The fraction of sp³-hybridized carbons (Fsp3) is 0.316. The summed E-state index contributed by atoms with van der Waals surface area (Å²) in [5.41, 5.74) is -1.29. The molecule has 2 amide bonds. The lowest BCUT2D eigenvalue weighted by Crippen LogP contribution is -2.32. The molecular weight excluding hydrogens is 375 g/mol. The van der Waals surface area contributed by atoms with E-state index in [-0.39, 0.29) is 23.0 Å². The molecule has 148 valence electrons. The molecule has 2 heterocycles. The topological polar surface area (TPSA) is 80.3 Å². The summed E-state index contributed by atoms with van der Waals surface area (Å²) in [6, 6.07) is 7.23. The van der Waals surface area contributed by atoms with Crippen molar-refractivity contribution in [2.45, 2.75) is 25.1 Å². The lowest BCUT2D eigenvalue weighted by molar-refractivity contribution is -0.136. The van der Waals surface area contributed by atoms with E-state index in [9.17, 15) is 22.8 Å². The highest BCUT2D eigenvalue weighted by Crippen LogP contribution is 2.34. The van der Waals surface area contributed by atoms with Crippen LogP contribution in [0.1, 0.15) is 39.3 Å². The Morgan fingerprint density at radius 2 is 1.96 bits per heavy atom. The zero-order valence-electron chi connectivity index (χ0n) is 14.8. The van der Waals surface area contributed by atoms with Crippen LogP contribution in [0.3, 0.4) is 0 Å². The van der Waals surface area contributed by atoms with E-state index >= 15 is 0 Å². The predicted octanol–water partition coefficient (Wildman–Crippen LogP) is 3.26. The Hall–Kier alpha value is -2.94. The van der Waals surface area contributed by atoms with Crippen LogP contribution in [0.25, 0.3) is 0 Å². The van der Waals surface area contributed by atoms with Gasteiger partial charge in [0.15, 0.2) is 0 Å². The standard InChI is InChI=1S/C19H18F3N3O3/c20-19(21,22)14-5-1-2-6-15(14)25-17(26)12-7-8-23-16(10-12)18(27)24-11-13-4-3-9-28-13/h1-2,5-8,10,13H,3-4,9,11H2,(H,24,27)(H,25,26). The number of alkyl halides is 3. The Kier molecular flexibility index (Phi) is 5.93. The molecule has 0 bridgehead atoms. The SMILES string of the molecule is O=C(Nc1ccccc1C(F)(F)F)c1ccnc(C(=O)NCC2CCCO2)c1. The number of carbonyl (C=O) groups excluding carboxylic acids is 2. The fourth-order valence-corrected chi connectivity index (χ4v) is 2.83. The van der Waals surface area contributed by atoms with Crippen molar-refractivity contribution in [3.05, 3.63) is 59.4 Å². The number of nitrogens with zero attached hydrogens (tertiary/aromatic N) is 1. The van der Waals surface area contributed by atoms with Crippen LogP contribution in [0.15, 0.2) is 42.6 Å². The molecule has 1 aliphatic rings. The van der Waals surface area contributed by atoms with Crippen LogP contribution in [0.4, 0.5) is 18.9 Å². The molecule has 1 unspecified atom stereocenters. The van der Waals surface area contributed by atoms with Crippen molar-refractivity contribution in [2.75, 3.05) is 18.5 Å². The van der Waals surface area contributed by atoms with Crippen LogP contribution >= 0.6 is 0 Å². The lowest BCUT2D eigenvalue weighted by Gasteiger charge is -2.14. The van der Waals surface area contributed by atoms with Gasteiger partial charge in [0.2, 0.25) is 0 Å². The van der Waals surface area contributed by atoms with Gasteiger partial charge in [-0.15, -0.1) is 0 Å². The molecule has 0 radical (unpaired) electrons. The largest absolute Gasteiger partial charge is 0.418 e. The first-order chi connectivity index (χ1) is 13.3. The van der Waals surface area contributed by atoms with Crippen molar-refractivity contribution in [1.29, 1.82) is 0 Å². The quantitative estimate of drug-likeness (QED) is 0.817. The number of aromatic nitrogens is 1. The molecule has 1 aromatic carbocycles. The second-order valence-corrected chi connectivity index (χ2v) is 6.27. The maximum Gasteiger partial charge on any atom is 0.418 e. The normalized spacial score (nSPS) is 16.6. The fourth-order valence-electron chi connectivity index (χ4n) is 2.83. The number of nitrogens with one attached hydrogen (secondary N) is 2. The number of rotatable bonds is 5. The minimum atomic E-state index is -4.60. The Morgan fingerprint density at radius 1 is 1.18 bits per heavy atom. The first kappa shape index (κ1) is 19.8. The van der Waals surface area contributed by atoms with Gasteiger partial charge in [-0.3, -0.25) is 14.6 Å². The summed E-state index contributed by atoms with van der Waals surface area (Å²) < 4.78 is 44.6. The third kappa shape index (κ3) is 4.86. The summed E-state index contributed by atoms with van der Waals surface area (Å²) in [7, 11) is 0. The smallest absolute Gasteiger partial charge is 0.376 e. The first-order valence-corrected chi connectivity index (χ1v) is 8.68. The number of anilines is 1. The summed E-state index contributed by atoms with van der Waals surface area (Å²) in [6.45, 7) is 0.990. The van der Waals surface area contributed by atoms with E-state index in [1.165, 1.54) is 30.5 Å². The monoisotopic (exact) mass is 393 g/mol. The zero-order chi connectivity index (χ0) is 20.1. The van der Waals surface area contributed by atoms with E-state index in [1.54, 1.807) is 0 Å². The van der Waals surface area contributed by atoms with Crippen molar-refractivity contribution in [1.82, 2.24) is 10.3 Å². The van der Waals surface area contributed by atoms with Gasteiger partial charge in [-0.1, -0.05) is 12.1 Å². The molecule has 28 heavy (non-hydrogen) atoms. The molecule has 0 aliphatic carbocycles. The summed E-state index contributed by atoms with van der Waals surface area (Å²) in [5.74, 6) is -1.26. The van der Waals surface area contributed by atoms with Gasteiger partial charge in [0, 0.05) is 24.9 Å². The summed E-state index contributed by atoms with van der Waals surface area (Å²) in [5, 5.41) is 4.92. The van der Waals surface area contributed by atoms with Crippen LogP contribution in [0, 0.1) is 0 Å². The van der Waals surface area contributed by atoms with Crippen LogP contribution in [-0.4, -0.2) is 36.1 Å². The third-order valence-corrected chi connectivity index (χ3v) is 4.25. The number of para-hydroxylation sites is 1. The molecule has 2 N–H and O–H groups in total. The van der Waals surface area contributed by atoms with Gasteiger partial charge in [-0.2, -0.15) is 13.2 Å². The number of pyridine rings is 1. The van der Waals surface area contributed by atoms with E-state index < -0.39 is 23.6 Å². The highest BCUT2D eigenvalue weighted by molar-refractivity contribution is 6.06. The summed E-state index contributed by atoms with van der Waals surface area (Å²) in [6.07, 6.45) is -1.60. The molecule has 2 aromatic rings. The Bertz CT molecular complexity index is 865. The average Bonchev–Trinajstić information content (AvgIpc) is 3.19. The van der Waals surface area contributed by atoms with Crippen molar-refractivity contribution >= 4 is 17.5 Å². The Balaban J connectivity index is 1.70. The van der Waals surface area contributed by atoms with Gasteiger partial charge in [-0.25, -0.2) is 0 Å². The van der Waals surface area contributed by atoms with Crippen LogP contribution in [-0.2, 0) is 10.9 Å². The molecular formula is C19H18F3N3O3. The van der Waals surface area contributed by atoms with E-state index in [4.69, 9.17) is 4.74 Å². The summed E-state index contributed by atoms with van der Waals surface area (Å²) in [4.78, 5) is 28.5. The number of hydrogen-bond acceptors (Lipinski definition) is 4. The first-order valence-electron chi connectivity index (χ1n) is 8.68. The zero-order valence-corrected chi connectivity index (χ0v) is 14.8. The van der Waals surface area contributed by atoms with Gasteiger partial charge in [-0.05, 0) is 37.1 Å². The average molecular weight is 393 g/mol. The molecule has 1 saturated heterocycles. The van der Waals surface area contributed by atoms with E-state index in [1.807, 2.05) is 0 Å². The van der Waals surface area contributed by atoms with Crippen LogP contribution < -0.4 is 10.6 Å². The Morgan fingerprint density at radius 3 is 2.68 bits per heavy atom. The lowest BCUT2D eigenvalue weighted by atomic mass is 10.1.